The molecule has 2 atom stereocenters. The molecule has 0 saturated carbocycles. The van der Waals surface area contributed by atoms with E-state index in [-0.39, 0.29) is 18.4 Å². The molecule has 8 nitrogen and oxygen atoms in total. The number of nitrogens with zero attached hydrogens (tertiary/aromatic N) is 2. The van der Waals surface area contributed by atoms with E-state index in [2.05, 4.69) is 5.32 Å². The number of rotatable bonds is 5. The van der Waals surface area contributed by atoms with Crippen LogP contribution in [-0.2, 0) is 14.3 Å². The highest BCUT2D eigenvalue weighted by Crippen LogP contribution is 2.24. The van der Waals surface area contributed by atoms with Crippen molar-refractivity contribution in [1.29, 1.82) is 0 Å². The molecular weight excluding hydrogens is 410 g/mol. The second-order valence-electron chi connectivity index (χ2n) is 8.68. The number of carbonyl (C=O) groups excluding carboxylic acids is 2. The second kappa shape index (κ2) is 9.55. The molecule has 0 bridgehead atoms. The van der Waals surface area contributed by atoms with Gasteiger partial charge in [-0.05, 0) is 51.0 Å². The van der Waals surface area contributed by atoms with Crippen LogP contribution >= 0.6 is 11.6 Å². The standard InChI is InChI=1S/C21H30ClN3O5/c1-13(2)17(23-20(29)30-21(3,4)5)18(26)24-10-11-25(16(12-24)19(27)28)15-8-6-14(22)7-9-15/h6-9,13,16-17H,10-12H2,1-5H3,(H,23,29)(H,27,28)/t16-,17-/m0/s1. The zero-order chi connectivity index (χ0) is 22.6. The average molecular weight is 440 g/mol. The molecule has 30 heavy (non-hydrogen) atoms. The van der Waals surface area contributed by atoms with E-state index >= 15 is 0 Å². The Labute approximate surface area is 182 Å². The first-order valence-electron chi connectivity index (χ1n) is 9.92. The van der Waals surface area contributed by atoms with Crippen molar-refractivity contribution < 1.29 is 24.2 Å². The Morgan fingerprint density at radius 1 is 1.17 bits per heavy atom. The van der Waals surface area contributed by atoms with Crippen molar-refractivity contribution in [3.63, 3.8) is 0 Å². The van der Waals surface area contributed by atoms with Crippen LogP contribution in [0.15, 0.2) is 24.3 Å². The predicted molar refractivity (Wildman–Crippen MR) is 115 cm³/mol. The molecule has 1 heterocycles. The summed E-state index contributed by atoms with van der Waals surface area (Å²) in [5.41, 5.74) is 0.0407. The molecule has 0 radical (unpaired) electrons. The molecule has 2 amide bonds. The molecule has 1 saturated heterocycles. The van der Waals surface area contributed by atoms with Gasteiger partial charge < -0.3 is 25.0 Å². The Morgan fingerprint density at radius 2 is 1.77 bits per heavy atom. The van der Waals surface area contributed by atoms with E-state index in [1.54, 1.807) is 49.9 Å². The quantitative estimate of drug-likeness (QED) is 0.731. The normalized spacial score (nSPS) is 18.2. The summed E-state index contributed by atoms with van der Waals surface area (Å²) >= 11 is 5.93. The van der Waals surface area contributed by atoms with E-state index in [0.717, 1.165) is 5.69 Å². The number of carbonyl (C=O) groups is 3. The summed E-state index contributed by atoms with van der Waals surface area (Å²) in [5, 5.41) is 12.9. The average Bonchev–Trinajstić information content (AvgIpc) is 2.64. The van der Waals surface area contributed by atoms with Gasteiger partial charge in [0.2, 0.25) is 5.91 Å². The summed E-state index contributed by atoms with van der Waals surface area (Å²) in [7, 11) is 0. The van der Waals surface area contributed by atoms with Gasteiger partial charge in [0.25, 0.3) is 0 Å². The van der Waals surface area contributed by atoms with E-state index < -0.39 is 29.7 Å². The first kappa shape index (κ1) is 23.8. The fraction of sp³-hybridized carbons (Fsp3) is 0.571. The molecule has 1 aliphatic rings. The summed E-state index contributed by atoms with van der Waals surface area (Å²) in [5.74, 6) is -1.54. The molecule has 0 aliphatic carbocycles. The van der Waals surface area contributed by atoms with E-state index in [1.807, 2.05) is 13.8 Å². The SMILES string of the molecule is CC(C)[C@H](NC(=O)OC(C)(C)C)C(=O)N1CCN(c2ccc(Cl)cc2)[C@H](C(=O)O)C1. The zero-order valence-corrected chi connectivity index (χ0v) is 18.8. The van der Waals surface area contributed by atoms with Crippen molar-refractivity contribution in [2.45, 2.75) is 52.3 Å². The Morgan fingerprint density at radius 3 is 2.27 bits per heavy atom. The van der Waals surface area contributed by atoms with Crippen LogP contribution in [0.3, 0.4) is 0 Å². The van der Waals surface area contributed by atoms with Gasteiger partial charge in [-0.15, -0.1) is 0 Å². The van der Waals surface area contributed by atoms with Gasteiger partial charge in [0.05, 0.1) is 6.54 Å². The van der Waals surface area contributed by atoms with Gasteiger partial charge in [-0.3, -0.25) is 4.79 Å². The second-order valence-corrected chi connectivity index (χ2v) is 9.11. The summed E-state index contributed by atoms with van der Waals surface area (Å²) in [6, 6.07) is 5.21. The number of alkyl carbamates (subject to hydrolysis) is 1. The third-order valence-corrected chi connectivity index (χ3v) is 4.99. The lowest BCUT2D eigenvalue weighted by Gasteiger charge is -2.42. The number of hydrogen-bond donors (Lipinski definition) is 2. The number of benzene rings is 1. The minimum Gasteiger partial charge on any atom is -0.480 e. The van der Waals surface area contributed by atoms with E-state index in [9.17, 15) is 19.5 Å². The van der Waals surface area contributed by atoms with Gasteiger partial charge in [-0.1, -0.05) is 25.4 Å². The third-order valence-electron chi connectivity index (χ3n) is 4.74. The predicted octanol–water partition coefficient (Wildman–Crippen LogP) is 2.99. The fourth-order valence-electron chi connectivity index (χ4n) is 3.28. The molecule has 1 aliphatic heterocycles. The van der Waals surface area contributed by atoms with E-state index in [1.165, 1.54) is 4.90 Å². The number of anilines is 1. The fourth-order valence-corrected chi connectivity index (χ4v) is 3.41. The molecule has 166 valence electrons. The summed E-state index contributed by atoms with van der Waals surface area (Å²) < 4.78 is 5.27. The topological polar surface area (TPSA) is 99.2 Å². The van der Waals surface area contributed by atoms with Crippen LogP contribution in [0.2, 0.25) is 5.02 Å². The Hall–Kier alpha value is -2.48. The summed E-state index contributed by atoms with van der Waals surface area (Å²) in [4.78, 5) is 40.5. The number of nitrogens with one attached hydrogen (secondary N) is 1. The van der Waals surface area contributed by atoms with Gasteiger partial charge in [-0.25, -0.2) is 9.59 Å². The van der Waals surface area contributed by atoms with Crippen molar-refractivity contribution in [3.05, 3.63) is 29.3 Å². The van der Waals surface area contributed by atoms with Crippen molar-refractivity contribution in [3.8, 4) is 0 Å². The monoisotopic (exact) mass is 439 g/mol. The molecule has 2 rings (SSSR count). The maximum atomic E-state index is 13.1. The number of ether oxygens (including phenoxy) is 1. The molecule has 1 aromatic carbocycles. The number of carboxylic acids is 1. The van der Waals surface area contributed by atoms with Crippen molar-refractivity contribution in [2.75, 3.05) is 24.5 Å². The molecular formula is C21H30ClN3O5. The van der Waals surface area contributed by atoms with Gasteiger partial charge in [-0.2, -0.15) is 0 Å². The highest BCUT2D eigenvalue weighted by atomic mass is 35.5. The molecule has 2 N–H and O–H groups in total. The lowest BCUT2D eigenvalue weighted by Crippen LogP contribution is -2.61. The smallest absolute Gasteiger partial charge is 0.408 e. The van der Waals surface area contributed by atoms with Crippen LogP contribution in [0.5, 0.6) is 0 Å². The van der Waals surface area contributed by atoms with Crippen LogP contribution in [0.4, 0.5) is 10.5 Å². The zero-order valence-electron chi connectivity index (χ0n) is 18.0. The van der Waals surface area contributed by atoms with Gasteiger partial charge in [0, 0.05) is 23.8 Å². The van der Waals surface area contributed by atoms with Gasteiger partial charge >= 0.3 is 12.1 Å². The van der Waals surface area contributed by atoms with E-state index in [4.69, 9.17) is 16.3 Å². The number of hydrogen-bond acceptors (Lipinski definition) is 5. The number of amides is 2. The first-order valence-corrected chi connectivity index (χ1v) is 10.3. The lowest BCUT2D eigenvalue weighted by atomic mass is 10.0. The highest BCUT2D eigenvalue weighted by molar-refractivity contribution is 6.30. The maximum absolute atomic E-state index is 13.1. The van der Waals surface area contributed by atoms with Crippen molar-refractivity contribution in [2.24, 2.45) is 5.92 Å². The highest BCUT2D eigenvalue weighted by Gasteiger charge is 2.38. The Balaban J connectivity index is 2.14. The molecule has 0 spiro atoms. The number of halogens is 1. The van der Waals surface area contributed by atoms with Gasteiger partial charge in [0.1, 0.15) is 17.7 Å². The molecule has 1 fully saturated rings. The minimum atomic E-state index is -1.02. The minimum absolute atomic E-state index is 0.00993. The van der Waals surface area contributed by atoms with Crippen molar-refractivity contribution in [1.82, 2.24) is 10.2 Å². The van der Waals surface area contributed by atoms with Crippen LogP contribution in [0.1, 0.15) is 34.6 Å². The molecule has 0 unspecified atom stereocenters. The summed E-state index contributed by atoms with van der Waals surface area (Å²) in [6.45, 7) is 9.56. The molecule has 9 heteroatoms. The molecule has 1 aromatic rings. The van der Waals surface area contributed by atoms with Gasteiger partial charge in [0.15, 0.2) is 0 Å². The Bertz CT molecular complexity index is 776. The van der Waals surface area contributed by atoms with Crippen LogP contribution < -0.4 is 10.2 Å². The summed E-state index contributed by atoms with van der Waals surface area (Å²) in [6.07, 6.45) is -0.677. The van der Waals surface area contributed by atoms with Crippen LogP contribution in [0, 0.1) is 5.92 Å². The lowest BCUT2D eigenvalue weighted by molar-refractivity contribution is -0.142. The Kier molecular flexibility index (Phi) is 7.58. The third kappa shape index (κ3) is 6.26. The maximum Gasteiger partial charge on any atom is 0.408 e. The molecule has 0 aromatic heterocycles. The van der Waals surface area contributed by atoms with Crippen molar-refractivity contribution >= 4 is 35.3 Å². The van der Waals surface area contributed by atoms with Crippen LogP contribution in [-0.4, -0.2) is 65.3 Å². The van der Waals surface area contributed by atoms with Crippen LogP contribution in [0.25, 0.3) is 0 Å². The van der Waals surface area contributed by atoms with E-state index in [0.29, 0.717) is 18.1 Å². The number of carboxylic acid groups (broad SMARTS) is 1. The number of aliphatic carboxylic acids is 1. The largest absolute Gasteiger partial charge is 0.480 e. The first-order chi connectivity index (χ1) is 13.9. The number of piperazine rings is 1.